The normalized spacial score (nSPS) is 10.4. The van der Waals surface area contributed by atoms with Gasteiger partial charge in [-0.1, -0.05) is 6.04 Å². The monoisotopic (exact) mass is 115 g/mol. The molecule has 2 N–H and O–H groups in total. The third kappa shape index (κ3) is 5.92. The summed E-state index contributed by atoms with van der Waals surface area (Å²) in [6, 6.07) is 1.33. The van der Waals surface area contributed by atoms with Crippen LogP contribution in [0.4, 0.5) is 0 Å². The number of hydrogen-bond acceptors (Lipinski definition) is 1. The topological polar surface area (TPSA) is 26.0 Å². The van der Waals surface area contributed by atoms with Crippen molar-refractivity contribution in [2.45, 2.75) is 12.5 Å². The Morgan fingerprint density at radius 3 is 2.86 bits per heavy atom. The second-order valence-corrected chi connectivity index (χ2v) is 3.43. The van der Waals surface area contributed by atoms with Crippen LogP contribution in [0, 0.1) is 0 Å². The van der Waals surface area contributed by atoms with Crippen LogP contribution in [0.1, 0.15) is 6.42 Å². The van der Waals surface area contributed by atoms with Crippen LogP contribution in [0.25, 0.3) is 0 Å². The van der Waals surface area contributed by atoms with Crippen LogP contribution < -0.4 is 5.73 Å². The van der Waals surface area contributed by atoms with Crippen LogP contribution in [0.2, 0.25) is 6.04 Å². The first kappa shape index (κ1) is 6.92. The van der Waals surface area contributed by atoms with E-state index < -0.39 is 0 Å². The zero-order chi connectivity index (χ0) is 5.54. The molecule has 0 rings (SSSR count). The van der Waals surface area contributed by atoms with E-state index in [-0.39, 0.29) is 9.52 Å². The number of rotatable bonds is 4. The highest BCUT2D eigenvalue weighted by Gasteiger charge is 1.78. The first-order chi connectivity index (χ1) is 3.41. The molecule has 0 heterocycles. The first-order valence-corrected chi connectivity index (χ1v) is 4.54. The molecule has 0 spiro atoms. The van der Waals surface area contributed by atoms with Crippen LogP contribution >= 0.6 is 0 Å². The maximum atomic E-state index is 5.26. The second-order valence-electron chi connectivity index (χ2n) is 1.57. The highest BCUT2D eigenvalue weighted by Crippen LogP contribution is 1.82. The fourth-order valence-electron chi connectivity index (χ4n) is 0.433. The van der Waals surface area contributed by atoms with Gasteiger partial charge in [0.2, 0.25) is 0 Å². The number of hydrogen-bond donors (Lipinski definition) is 1. The molecular formula is C5H13NSi. The van der Waals surface area contributed by atoms with Crippen LogP contribution in [0.15, 0.2) is 12.3 Å². The molecule has 0 aliphatic rings. The standard InChI is InChI=1S/C5H13NSi/c1-2-7-5-3-4-6/h2H,1,3-7H2. The van der Waals surface area contributed by atoms with Crippen molar-refractivity contribution in [1.29, 1.82) is 0 Å². The molecule has 0 atom stereocenters. The minimum absolute atomic E-state index is 0.0946. The zero-order valence-corrected chi connectivity index (χ0v) is 6.10. The van der Waals surface area contributed by atoms with Crippen LogP contribution in [0.3, 0.4) is 0 Å². The van der Waals surface area contributed by atoms with Crippen molar-refractivity contribution in [1.82, 2.24) is 0 Å². The van der Waals surface area contributed by atoms with Crippen molar-refractivity contribution < 1.29 is 0 Å². The molecule has 1 nitrogen and oxygen atoms in total. The van der Waals surface area contributed by atoms with E-state index >= 15 is 0 Å². The van der Waals surface area contributed by atoms with E-state index in [2.05, 4.69) is 12.3 Å². The Bertz CT molecular complexity index is 45.3. The van der Waals surface area contributed by atoms with Crippen molar-refractivity contribution in [3.05, 3.63) is 12.3 Å². The quantitative estimate of drug-likeness (QED) is 0.407. The van der Waals surface area contributed by atoms with E-state index in [0.717, 1.165) is 6.54 Å². The SMILES string of the molecule is C=C[SiH2]CCCN. The molecule has 0 unspecified atom stereocenters. The Balaban J connectivity index is 2.56. The maximum Gasteiger partial charge on any atom is 0.0446 e. The highest BCUT2D eigenvalue weighted by molar-refractivity contribution is 6.41. The Kier molecular flexibility index (Phi) is 5.85. The Morgan fingerprint density at radius 2 is 2.43 bits per heavy atom. The largest absolute Gasteiger partial charge is 0.330 e. The molecule has 0 saturated carbocycles. The van der Waals surface area contributed by atoms with Gasteiger partial charge < -0.3 is 5.73 Å². The van der Waals surface area contributed by atoms with Crippen molar-refractivity contribution in [2.24, 2.45) is 5.73 Å². The summed E-state index contributed by atoms with van der Waals surface area (Å²) in [4.78, 5) is 0. The lowest BCUT2D eigenvalue weighted by molar-refractivity contribution is 0.927. The molecule has 2 heteroatoms. The predicted octanol–water partition coefficient (Wildman–Crippen LogP) is 0.0658. The van der Waals surface area contributed by atoms with Gasteiger partial charge in [-0.25, -0.2) is 0 Å². The zero-order valence-electron chi connectivity index (χ0n) is 4.69. The lowest BCUT2D eigenvalue weighted by atomic mass is 10.5. The van der Waals surface area contributed by atoms with E-state index in [1.165, 1.54) is 12.5 Å². The number of nitrogens with two attached hydrogens (primary N) is 1. The molecule has 0 aromatic rings. The van der Waals surface area contributed by atoms with Gasteiger partial charge in [0, 0.05) is 9.52 Å². The molecule has 0 aliphatic heterocycles. The van der Waals surface area contributed by atoms with E-state index in [9.17, 15) is 0 Å². The average Bonchev–Trinajstić information content (AvgIpc) is 1.69. The van der Waals surface area contributed by atoms with Gasteiger partial charge in [-0.05, 0) is 13.0 Å². The van der Waals surface area contributed by atoms with Gasteiger partial charge in [-0.2, -0.15) is 0 Å². The molecule has 0 aromatic carbocycles. The Morgan fingerprint density at radius 1 is 1.71 bits per heavy atom. The molecule has 42 valence electrons. The van der Waals surface area contributed by atoms with Crippen molar-refractivity contribution in [3.8, 4) is 0 Å². The fraction of sp³-hybridized carbons (Fsp3) is 0.600. The molecular weight excluding hydrogens is 102 g/mol. The summed E-state index contributed by atoms with van der Waals surface area (Å²) in [5.74, 6) is 0. The minimum Gasteiger partial charge on any atom is -0.330 e. The molecule has 0 fully saturated rings. The summed E-state index contributed by atoms with van der Waals surface area (Å²) >= 11 is 0. The molecule has 0 aliphatic carbocycles. The lowest BCUT2D eigenvalue weighted by Gasteiger charge is -1.87. The first-order valence-electron chi connectivity index (χ1n) is 2.72. The molecule has 0 radical (unpaired) electrons. The van der Waals surface area contributed by atoms with Gasteiger partial charge >= 0.3 is 0 Å². The van der Waals surface area contributed by atoms with Gasteiger partial charge in [-0.15, -0.1) is 12.3 Å². The van der Waals surface area contributed by atoms with Crippen LogP contribution in [-0.2, 0) is 0 Å². The molecule has 0 saturated heterocycles. The minimum atomic E-state index is 0.0946. The van der Waals surface area contributed by atoms with Crippen molar-refractivity contribution in [2.75, 3.05) is 6.54 Å². The van der Waals surface area contributed by atoms with Gasteiger partial charge in [0.1, 0.15) is 0 Å². The summed E-state index contributed by atoms with van der Waals surface area (Å²) in [6.45, 7) is 4.50. The van der Waals surface area contributed by atoms with Crippen molar-refractivity contribution >= 4 is 9.52 Å². The fourth-order valence-corrected chi connectivity index (χ4v) is 1.30. The Hall–Kier alpha value is -0.0831. The van der Waals surface area contributed by atoms with Gasteiger partial charge in [0.15, 0.2) is 0 Å². The predicted molar refractivity (Wildman–Crippen MR) is 37.2 cm³/mol. The summed E-state index contributed by atoms with van der Waals surface area (Å²) < 4.78 is 0. The van der Waals surface area contributed by atoms with Crippen molar-refractivity contribution in [3.63, 3.8) is 0 Å². The molecule has 0 aromatic heterocycles. The third-order valence-electron chi connectivity index (χ3n) is 0.862. The summed E-state index contributed by atoms with van der Waals surface area (Å²) in [7, 11) is 0.0946. The second kappa shape index (κ2) is 5.92. The van der Waals surface area contributed by atoms with E-state index in [4.69, 9.17) is 5.73 Å². The lowest BCUT2D eigenvalue weighted by Crippen LogP contribution is -1.98. The van der Waals surface area contributed by atoms with Gasteiger partial charge in [-0.3, -0.25) is 0 Å². The van der Waals surface area contributed by atoms with Gasteiger partial charge in [0.25, 0.3) is 0 Å². The average molecular weight is 115 g/mol. The smallest absolute Gasteiger partial charge is 0.0446 e. The maximum absolute atomic E-state index is 5.26. The van der Waals surface area contributed by atoms with Gasteiger partial charge in [0.05, 0.1) is 0 Å². The van der Waals surface area contributed by atoms with Crippen LogP contribution in [0.5, 0.6) is 0 Å². The summed E-state index contributed by atoms with van der Waals surface area (Å²) in [5, 5.41) is 0. The Labute approximate surface area is 47.4 Å². The highest BCUT2D eigenvalue weighted by atomic mass is 28.2. The molecule has 7 heavy (non-hydrogen) atoms. The van der Waals surface area contributed by atoms with E-state index in [1.807, 2.05) is 0 Å². The summed E-state index contributed by atoms with van der Waals surface area (Å²) in [5.41, 5.74) is 7.32. The summed E-state index contributed by atoms with van der Waals surface area (Å²) in [6.07, 6.45) is 1.19. The van der Waals surface area contributed by atoms with Crippen LogP contribution in [-0.4, -0.2) is 16.1 Å². The third-order valence-corrected chi connectivity index (χ3v) is 2.18. The van der Waals surface area contributed by atoms with E-state index in [0.29, 0.717) is 0 Å². The molecule has 0 bridgehead atoms. The molecule has 0 amide bonds. The van der Waals surface area contributed by atoms with E-state index in [1.54, 1.807) is 0 Å².